The van der Waals surface area contributed by atoms with Gasteiger partial charge < -0.3 is 11.1 Å². The number of carbonyl (C=O) groups is 1. The molecule has 1 amide bonds. The van der Waals surface area contributed by atoms with E-state index in [4.69, 9.17) is 5.73 Å². The molecule has 106 valence electrons. The molecule has 0 aliphatic rings. The Balaban J connectivity index is 1.87. The van der Waals surface area contributed by atoms with Crippen molar-refractivity contribution in [1.82, 2.24) is 15.1 Å². The van der Waals surface area contributed by atoms with Crippen LogP contribution in [0.2, 0.25) is 0 Å². The van der Waals surface area contributed by atoms with Crippen LogP contribution >= 0.6 is 0 Å². The number of rotatable bonds is 5. The third kappa shape index (κ3) is 3.68. The van der Waals surface area contributed by atoms with Crippen molar-refractivity contribution >= 4 is 5.91 Å². The smallest absolute Gasteiger partial charge is 0.224 e. The molecule has 0 unspecified atom stereocenters. The summed E-state index contributed by atoms with van der Waals surface area (Å²) in [5.74, 6) is 0.00810. The lowest BCUT2D eigenvalue weighted by molar-refractivity contribution is -0.120. The van der Waals surface area contributed by atoms with Gasteiger partial charge in [0, 0.05) is 31.9 Å². The molecule has 0 spiro atoms. The molecular weight excluding hydrogens is 252 g/mol. The van der Waals surface area contributed by atoms with Crippen LogP contribution in [-0.2, 0) is 31.4 Å². The van der Waals surface area contributed by atoms with Gasteiger partial charge in [-0.3, -0.25) is 9.48 Å². The van der Waals surface area contributed by atoms with E-state index in [2.05, 4.69) is 10.4 Å². The number of benzene rings is 1. The van der Waals surface area contributed by atoms with Crippen LogP contribution in [0.1, 0.15) is 22.4 Å². The molecule has 0 fully saturated rings. The Hall–Kier alpha value is -2.14. The fraction of sp³-hybridized carbons (Fsp3) is 0.333. The summed E-state index contributed by atoms with van der Waals surface area (Å²) >= 11 is 0. The van der Waals surface area contributed by atoms with E-state index in [1.54, 1.807) is 4.68 Å². The number of nitrogens with two attached hydrogens (primary N) is 1. The van der Waals surface area contributed by atoms with Crippen LogP contribution in [0.25, 0.3) is 0 Å². The van der Waals surface area contributed by atoms with E-state index in [0.29, 0.717) is 19.5 Å². The SMILES string of the molecule is Cc1nn(C)cc1CNC(=O)Cc1ccc(CN)cc1. The lowest BCUT2D eigenvalue weighted by Gasteiger charge is -2.05. The number of hydrogen-bond donors (Lipinski definition) is 2. The van der Waals surface area contributed by atoms with E-state index >= 15 is 0 Å². The topological polar surface area (TPSA) is 72.9 Å². The number of aromatic nitrogens is 2. The summed E-state index contributed by atoms with van der Waals surface area (Å²) in [4.78, 5) is 11.9. The summed E-state index contributed by atoms with van der Waals surface area (Å²) in [6.07, 6.45) is 2.30. The third-order valence-corrected chi connectivity index (χ3v) is 3.21. The molecule has 1 heterocycles. The van der Waals surface area contributed by atoms with Crippen molar-refractivity contribution in [3.63, 3.8) is 0 Å². The average Bonchev–Trinajstić information content (AvgIpc) is 2.75. The van der Waals surface area contributed by atoms with Gasteiger partial charge in [0.15, 0.2) is 0 Å². The Kier molecular flexibility index (Phi) is 4.53. The fourth-order valence-corrected chi connectivity index (χ4v) is 2.06. The van der Waals surface area contributed by atoms with Gasteiger partial charge in [-0.1, -0.05) is 24.3 Å². The largest absolute Gasteiger partial charge is 0.352 e. The quantitative estimate of drug-likeness (QED) is 0.854. The standard InChI is InChI=1S/C15H20N4O/c1-11-14(10-19(2)18-11)9-17-15(20)7-12-3-5-13(8-16)6-4-12/h3-6,10H,7-9,16H2,1-2H3,(H,17,20). The van der Waals surface area contributed by atoms with Crippen molar-refractivity contribution in [3.05, 3.63) is 52.8 Å². The highest BCUT2D eigenvalue weighted by Gasteiger charge is 2.06. The highest BCUT2D eigenvalue weighted by molar-refractivity contribution is 5.78. The second kappa shape index (κ2) is 6.34. The van der Waals surface area contributed by atoms with Gasteiger partial charge in [-0.05, 0) is 18.1 Å². The second-order valence-electron chi connectivity index (χ2n) is 4.89. The summed E-state index contributed by atoms with van der Waals surface area (Å²) in [5.41, 5.74) is 9.59. The second-order valence-corrected chi connectivity index (χ2v) is 4.89. The minimum atomic E-state index is 0.00810. The van der Waals surface area contributed by atoms with Gasteiger partial charge in [-0.25, -0.2) is 0 Å². The van der Waals surface area contributed by atoms with Gasteiger partial charge >= 0.3 is 0 Å². The monoisotopic (exact) mass is 272 g/mol. The zero-order valence-corrected chi connectivity index (χ0v) is 11.9. The number of carbonyl (C=O) groups excluding carboxylic acids is 1. The predicted molar refractivity (Wildman–Crippen MR) is 77.8 cm³/mol. The molecule has 20 heavy (non-hydrogen) atoms. The lowest BCUT2D eigenvalue weighted by Crippen LogP contribution is -2.24. The Labute approximate surface area is 118 Å². The zero-order valence-electron chi connectivity index (χ0n) is 11.9. The molecule has 2 rings (SSSR count). The van der Waals surface area contributed by atoms with Gasteiger partial charge in [0.25, 0.3) is 0 Å². The first-order valence-electron chi connectivity index (χ1n) is 6.62. The minimum Gasteiger partial charge on any atom is -0.352 e. The average molecular weight is 272 g/mol. The fourth-order valence-electron chi connectivity index (χ4n) is 2.06. The van der Waals surface area contributed by atoms with Crippen LogP contribution < -0.4 is 11.1 Å². The number of nitrogens with one attached hydrogen (secondary N) is 1. The Bertz CT molecular complexity index is 586. The van der Waals surface area contributed by atoms with Gasteiger partial charge in [-0.2, -0.15) is 5.10 Å². The van der Waals surface area contributed by atoms with Crippen molar-refractivity contribution in [2.75, 3.05) is 0 Å². The molecule has 0 aliphatic heterocycles. The van der Waals surface area contributed by atoms with Gasteiger partial charge in [0.05, 0.1) is 12.1 Å². The number of hydrogen-bond acceptors (Lipinski definition) is 3. The molecule has 0 bridgehead atoms. The first-order chi connectivity index (χ1) is 9.58. The maximum atomic E-state index is 11.9. The molecular formula is C15H20N4O. The van der Waals surface area contributed by atoms with E-state index in [-0.39, 0.29) is 5.91 Å². The maximum Gasteiger partial charge on any atom is 0.224 e. The third-order valence-electron chi connectivity index (χ3n) is 3.21. The highest BCUT2D eigenvalue weighted by Crippen LogP contribution is 2.06. The number of aryl methyl sites for hydroxylation is 2. The number of amides is 1. The molecule has 2 aromatic rings. The normalized spacial score (nSPS) is 10.6. The lowest BCUT2D eigenvalue weighted by atomic mass is 10.1. The summed E-state index contributed by atoms with van der Waals surface area (Å²) < 4.78 is 1.75. The van der Waals surface area contributed by atoms with Crippen molar-refractivity contribution in [1.29, 1.82) is 0 Å². The molecule has 0 saturated carbocycles. The van der Waals surface area contributed by atoms with Gasteiger partial charge in [0.1, 0.15) is 0 Å². The first kappa shape index (κ1) is 14.3. The molecule has 0 atom stereocenters. The molecule has 1 aromatic carbocycles. The summed E-state index contributed by atoms with van der Waals surface area (Å²) in [6, 6.07) is 7.79. The Morgan fingerprint density at radius 3 is 2.50 bits per heavy atom. The van der Waals surface area contributed by atoms with Crippen LogP contribution in [0.5, 0.6) is 0 Å². The van der Waals surface area contributed by atoms with E-state index in [9.17, 15) is 4.79 Å². The molecule has 1 aromatic heterocycles. The van der Waals surface area contributed by atoms with Crippen molar-refractivity contribution in [2.24, 2.45) is 12.8 Å². The van der Waals surface area contributed by atoms with Crippen LogP contribution in [-0.4, -0.2) is 15.7 Å². The molecule has 3 N–H and O–H groups in total. The van der Waals surface area contributed by atoms with Crippen molar-refractivity contribution in [3.8, 4) is 0 Å². The van der Waals surface area contributed by atoms with E-state index in [0.717, 1.165) is 22.4 Å². The van der Waals surface area contributed by atoms with Crippen LogP contribution in [0.15, 0.2) is 30.5 Å². The van der Waals surface area contributed by atoms with Gasteiger partial charge in [0.2, 0.25) is 5.91 Å². The molecule has 0 radical (unpaired) electrons. The zero-order chi connectivity index (χ0) is 14.5. The van der Waals surface area contributed by atoms with E-state index < -0.39 is 0 Å². The van der Waals surface area contributed by atoms with E-state index in [1.807, 2.05) is 44.4 Å². The first-order valence-corrected chi connectivity index (χ1v) is 6.62. The maximum absolute atomic E-state index is 11.9. The molecule has 5 nitrogen and oxygen atoms in total. The van der Waals surface area contributed by atoms with E-state index in [1.165, 1.54) is 0 Å². The minimum absolute atomic E-state index is 0.00810. The Morgan fingerprint density at radius 1 is 1.30 bits per heavy atom. The van der Waals surface area contributed by atoms with Crippen LogP contribution in [0.3, 0.4) is 0 Å². The van der Waals surface area contributed by atoms with Crippen molar-refractivity contribution in [2.45, 2.75) is 26.4 Å². The molecule has 0 aliphatic carbocycles. The summed E-state index contributed by atoms with van der Waals surface area (Å²) in [7, 11) is 1.87. The summed E-state index contributed by atoms with van der Waals surface area (Å²) in [5, 5.41) is 7.16. The van der Waals surface area contributed by atoms with Crippen LogP contribution in [0.4, 0.5) is 0 Å². The molecule has 5 heteroatoms. The highest BCUT2D eigenvalue weighted by atomic mass is 16.1. The van der Waals surface area contributed by atoms with Gasteiger partial charge in [-0.15, -0.1) is 0 Å². The number of nitrogens with zero attached hydrogens (tertiary/aromatic N) is 2. The Morgan fingerprint density at radius 2 is 1.95 bits per heavy atom. The summed E-state index contributed by atoms with van der Waals surface area (Å²) in [6.45, 7) is 2.97. The van der Waals surface area contributed by atoms with Crippen molar-refractivity contribution < 1.29 is 4.79 Å². The molecule has 0 saturated heterocycles. The predicted octanol–water partition coefficient (Wildman–Crippen LogP) is 1.05. The van der Waals surface area contributed by atoms with Crippen LogP contribution in [0, 0.1) is 6.92 Å².